The Morgan fingerprint density at radius 1 is 1.24 bits per heavy atom. The maximum absolute atomic E-state index is 13.8. The summed E-state index contributed by atoms with van der Waals surface area (Å²) in [5, 5.41) is 0. The molecule has 2 aromatic carbocycles. The van der Waals surface area contributed by atoms with E-state index in [1.165, 1.54) is 6.07 Å². The van der Waals surface area contributed by atoms with Crippen LogP contribution < -0.4 is 16.0 Å². The predicted octanol–water partition coefficient (Wildman–Crippen LogP) is 3.21. The van der Waals surface area contributed by atoms with Crippen LogP contribution in [0.15, 0.2) is 46.9 Å². The molecule has 0 radical (unpaired) electrons. The van der Waals surface area contributed by atoms with E-state index in [1.807, 2.05) is 24.3 Å². The summed E-state index contributed by atoms with van der Waals surface area (Å²) in [6, 6.07) is 12.7. The first-order chi connectivity index (χ1) is 10.1. The lowest BCUT2D eigenvalue weighted by atomic mass is 9.99. The lowest BCUT2D eigenvalue weighted by molar-refractivity contribution is 0.413. The van der Waals surface area contributed by atoms with Crippen molar-refractivity contribution in [3.8, 4) is 5.75 Å². The van der Waals surface area contributed by atoms with Gasteiger partial charge in [-0.2, -0.15) is 0 Å². The second-order valence-corrected chi connectivity index (χ2v) is 5.77. The molecule has 0 fully saturated rings. The van der Waals surface area contributed by atoms with Crippen LogP contribution >= 0.6 is 15.9 Å². The van der Waals surface area contributed by atoms with Crippen LogP contribution in [0, 0.1) is 5.82 Å². The molecule has 0 bridgehead atoms. The van der Waals surface area contributed by atoms with Crippen molar-refractivity contribution in [3.05, 3.63) is 63.9 Å². The van der Waals surface area contributed by atoms with E-state index in [0.717, 1.165) is 15.8 Å². The molecule has 0 saturated heterocycles. The molecule has 112 valence electrons. The molecule has 0 aliphatic rings. The molecular formula is C16H18BrFN2O. The Morgan fingerprint density at radius 2 is 2.05 bits per heavy atom. The Bertz CT molecular complexity index is 607. The average molecular weight is 353 g/mol. The van der Waals surface area contributed by atoms with Crippen molar-refractivity contribution in [2.75, 3.05) is 7.11 Å². The normalized spacial score (nSPS) is 12.2. The van der Waals surface area contributed by atoms with E-state index in [0.29, 0.717) is 18.4 Å². The third kappa shape index (κ3) is 4.52. The summed E-state index contributed by atoms with van der Waals surface area (Å²) >= 11 is 3.36. The number of halogens is 2. The van der Waals surface area contributed by atoms with Gasteiger partial charge in [0.1, 0.15) is 11.6 Å². The van der Waals surface area contributed by atoms with Gasteiger partial charge in [-0.25, -0.2) is 4.39 Å². The molecule has 0 aliphatic carbocycles. The van der Waals surface area contributed by atoms with Gasteiger partial charge in [0.2, 0.25) is 0 Å². The van der Waals surface area contributed by atoms with Gasteiger partial charge < -0.3 is 4.74 Å². The van der Waals surface area contributed by atoms with E-state index in [2.05, 4.69) is 21.4 Å². The van der Waals surface area contributed by atoms with Crippen molar-refractivity contribution in [3.63, 3.8) is 0 Å². The SMILES string of the molecule is COc1cccc(CC(Cc2cc(Br)ccc2F)NN)c1. The van der Waals surface area contributed by atoms with Gasteiger partial charge in [0.05, 0.1) is 7.11 Å². The highest BCUT2D eigenvalue weighted by molar-refractivity contribution is 9.10. The minimum absolute atomic E-state index is 0.0547. The van der Waals surface area contributed by atoms with Crippen LogP contribution in [0.25, 0.3) is 0 Å². The van der Waals surface area contributed by atoms with E-state index >= 15 is 0 Å². The number of hydrogen-bond donors (Lipinski definition) is 2. The fourth-order valence-electron chi connectivity index (χ4n) is 2.24. The largest absolute Gasteiger partial charge is 0.497 e. The molecule has 2 aromatic rings. The number of hydrogen-bond acceptors (Lipinski definition) is 3. The summed E-state index contributed by atoms with van der Waals surface area (Å²) in [7, 11) is 1.63. The Morgan fingerprint density at radius 3 is 2.76 bits per heavy atom. The molecule has 1 unspecified atom stereocenters. The van der Waals surface area contributed by atoms with Gasteiger partial charge in [0.15, 0.2) is 0 Å². The van der Waals surface area contributed by atoms with Crippen molar-refractivity contribution < 1.29 is 9.13 Å². The quantitative estimate of drug-likeness (QED) is 0.619. The second kappa shape index (κ2) is 7.54. The molecule has 1 atom stereocenters. The Labute approximate surface area is 132 Å². The fraction of sp³-hybridized carbons (Fsp3) is 0.250. The van der Waals surface area contributed by atoms with Crippen LogP contribution in [0.2, 0.25) is 0 Å². The molecule has 0 aliphatic heterocycles. The molecule has 5 heteroatoms. The first-order valence-electron chi connectivity index (χ1n) is 6.65. The van der Waals surface area contributed by atoms with Crippen LogP contribution in [0.5, 0.6) is 5.75 Å². The third-order valence-electron chi connectivity index (χ3n) is 3.33. The first-order valence-corrected chi connectivity index (χ1v) is 7.44. The van der Waals surface area contributed by atoms with Gasteiger partial charge in [0, 0.05) is 10.5 Å². The molecule has 0 amide bonds. The van der Waals surface area contributed by atoms with Crippen LogP contribution in [-0.2, 0) is 12.8 Å². The standard InChI is InChI=1S/C16H18BrFN2O/c1-21-15-4-2-3-11(8-15)7-14(20-19)10-12-9-13(17)5-6-16(12)18/h2-6,8-9,14,20H,7,10,19H2,1H3. The minimum Gasteiger partial charge on any atom is -0.497 e. The summed E-state index contributed by atoms with van der Waals surface area (Å²) in [6.45, 7) is 0. The Kier molecular flexibility index (Phi) is 5.73. The van der Waals surface area contributed by atoms with E-state index in [-0.39, 0.29) is 11.9 Å². The highest BCUT2D eigenvalue weighted by atomic mass is 79.9. The molecule has 0 saturated carbocycles. The van der Waals surface area contributed by atoms with Crippen LogP contribution in [0.4, 0.5) is 4.39 Å². The van der Waals surface area contributed by atoms with Gasteiger partial charge >= 0.3 is 0 Å². The van der Waals surface area contributed by atoms with Crippen LogP contribution in [0.3, 0.4) is 0 Å². The number of methoxy groups -OCH3 is 1. The predicted molar refractivity (Wildman–Crippen MR) is 85.6 cm³/mol. The summed E-state index contributed by atoms with van der Waals surface area (Å²) < 4.78 is 19.9. The summed E-state index contributed by atoms with van der Waals surface area (Å²) in [5.41, 5.74) is 4.49. The van der Waals surface area contributed by atoms with E-state index in [1.54, 1.807) is 19.2 Å². The number of nitrogens with one attached hydrogen (secondary N) is 1. The van der Waals surface area contributed by atoms with Crippen LogP contribution in [0.1, 0.15) is 11.1 Å². The maximum atomic E-state index is 13.8. The molecule has 0 aromatic heterocycles. The van der Waals surface area contributed by atoms with Crippen molar-refractivity contribution in [2.45, 2.75) is 18.9 Å². The number of benzene rings is 2. The number of nitrogens with two attached hydrogens (primary N) is 1. The van der Waals surface area contributed by atoms with Crippen molar-refractivity contribution in [2.24, 2.45) is 5.84 Å². The van der Waals surface area contributed by atoms with E-state index in [4.69, 9.17) is 10.6 Å². The molecule has 2 rings (SSSR count). The lowest BCUT2D eigenvalue weighted by Gasteiger charge is -2.17. The smallest absolute Gasteiger partial charge is 0.126 e. The monoisotopic (exact) mass is 352 g/mol. The molecule has 3 N–H and O–H groups in total. The van der Waals surface area contributed by atoms with Crippen molar-refractivity contribution >= 4 is 15.9 Å². The lowest BCUT2D eigenvalue weighted by Crippen LogP contribution is -2.38. The summed E-state index contributed by atoms with van der Waals surface area (Å²) in [4.78, 5) is 0. The molecule has 21 heavy (non-hydrogen) atoms. The first kappa shape index (κ1) is 15.9. The Hall–Kier alpha value is -1.43. The van der Waals surface area contributed by atoms with Gasteiger partial charge in [-0.3, -0.25) is 11.3 Å². The van der Waals surface area contributed by atoms with Crippen LogP contribution in [-0.4, -0.2) is 13.2 Å². The molecule has 0 spiro atoms. The fourth-order valence-corrected chi connectivity index (χ4v) is 2.65. The summed E-state index contributed by atoms with van der Waals surface area (Å²) in [6.07, 6.45) is 1.21. The second-order valence-electron chi connectivity index (χ2n) is 4.86. The van der Waals surface area contributed by atoms with Gasteiger partial charge in [-0.15, -0.1) is 0 Å². The number of hydrazine groups is 1. The van der Waals surface area contributed by atoms with Gasteiger partial charge in [0.25, 0.3) is 0 Å². The van der Waals surface area contributed by atoms with Crippen molar-refractivity contribution in [1.29, 1.82) is 0 Å². The highest BCUT2D eigenvalue weighted by Crippen LogP contribution is 2.19. The van der Waals surface area contributed by atoms with E-state index in [9.17, 15) is 4.39 Å². The number of ether oxygens (including phenoxy) is 1. The summed E-state index contributed by atoms with van der Waals surface area (Å²) in [5.74, 6) is 6.20. The zero-order valence-electron chi connectivity index (χ0n) is 11.8. The maximum Gasteiger partial charge on any atom is 0.126 e. The molecule has 0 heterocycles. The van der Waals surface area contributed by atoms with Gasteiger partial charge in [-0.05, 0) is 54.3 Å². The van der Waals surface area contributed by atoms with Crippen molar-refractivity contribution in [1.82, 2.24) is 5.43 Å². The van der Waals surface area contributed by atoms with E-state index < -0.39 is 0 Å². The molecule has 3 nitrogen and oxygen atoms in total. The zero-order valence-corrected chi connectivity index (χ0v) is 13.4. The highest BCUT2D eigenvalue weighted by Gasteiger charge is 2.12. The topological polar surface area (TPSA) is 47.3 Å². The van der Waals surface area contributed by atoms with Gasteiger partial charge in [-0.1, -0.05) is 28.1 Å². The number of rotatable bonds is 6. The minimum atomic E-state index is -0.218. The Balaban J connectivity index is 2.10. The third-order valence-corrected chi connectivity index (χ3v) is 3.82. The molecular weight excluding hydrogens is 335 g/mol. The zero-order chi connectivity index (χ0) is 15.2. The average Bonchev–Trinajstić information content (AvgIpc) is 2.50.